The van der Waals surface area contributed by atoms with Crippen LogP contribution in [-0.2, 0) is 28.1 Å². The number of nitrogens with one attached hydrogen (secondary N) is 1. The van der Waals surface area contributed by atoms with Crippen molar-refractivity contribution in [2.45, 2.75) is 43.9 Å². The van der Waals surface area contributed by atoms with E-state index in [-0.39, 0.29) is 24.8 Å². The predicted octanol–water partition coefficient (Wildman–Crippen LogP) is 1.15. The fourth-order valence-electron chi connectivity index (χ4n) is 4.04. The van der Waals surface area contributed by atoms with Gasteiger partial charge in [-0.1, -0.05) is 24.3 Å². The van der Waals surface area contributed by atoms with Crippen LogP contribution in [0.3, 0.4) is 0 Å². The van der Waals surface area contributed by atoms with Crippen LogP contribution in [-0.4, -0.2) is 64.3 Å². The zero-order valence-electron chi connectivity index (χ0n) is 20.3. The lowest BCUT2D eigenvalue weighted by Crippen LogP contribution is -2.49. The molecule has 1 aromatic carbocycles. The Morgan fingerprint density at radius 2 is 2.14 bits per heavy atom. The lowest BCUT2D eigenvalue weighted by molar-refractivity contribution is -0.144. The van der Waals surface area contributed by atoms with Crippen LogP contribution in [0.5, 0.6) is 5.75 Å². The Morgan fingerprint density at radius 1 is 1.38 bits per heavy atom. The van der Waals surface area contributed by atoms with Crippen LogP contribution >= 0.6 is 7.75 Å². The summed E-state index contributed by atoms with van der Waals surface area (Å²) in [6, 6.07) is 8.61. The van der Waals surface area contributed by atoms with Gasteiger partial charge < -0.3 is 29.6 Å². The molecule has 1 saturated heterocycles. The van der Waals surface area contributed by atoms with Crippen molar-refractivity contribution in [3.63, 3.8) is 0 Å². The van der Waals surface area contributed by atoms with E-state index in [1.165, 1.54) is 19.2 Å². The number of nitrogens with zero attached hydrogens (tertiary/aromatic N) is 2. The molecule has 1 unspecified atom stereocenters. The van der Waals surface area contributed by atoms with Gasteiger partial charge in [-0.3, -0.25) is 13.9 Å². The molecule has 0 amide bonds. The molecule has 37 heavy (non-hydrogen) atoms. The van der Waals surface area contributed by atoms with Crippen LogP contribution in [0.25, 0.3) is 0 Å². The molecule has 6 atom stereocenters. The van der Waals surface area contributed by atoms with Gasteiger partial charge in [-0.05, 0) is 38.1 Å². The second-order valence-corrected chi connectivity index (χ2v) is 10.1. The smallest absolute Gasteiger partial charge is 0.459 e. The Balaban J connectivity index is 1.60. The summed E-state index contributed by atoms with van der Waals surface area (Å²) in [4.78, 5) is 28.3. The minimum atomic E-state index is -4.22. The number of ether oxygens (including phenoxy) is 3. The normalized spacial score (nSPS) is 27.2. The number of anilines is 1. The van der Waals surface area contributed by atoms with Gasteiger partial charge in [0.15, 0.2) is 6.23 Å². The van der Waals surface area contributed by atoms with E-state index < -0.39 is 56.1 Å². The number of nitrogens with two attached hydrogens (primary N) is 1. The van der Waals surface area contributed by atoms with E-state index in [1.807, 2.05) is 0 Å². The van der Waals surface area contributed by atoms with E-state index in [0.717, 1.165) is 4.57 Å². The second kappa shape index (κ2) is 11.1. The highest BCUT2D eigenvalue weighted by Gasteiger charge is 2.57. The number of carbonyl (C=O) groups excluding carboxylic acids is 1. The first-order chi connectivity index (χ1) is 17.7. The number of para-hydroxylation sites is 1. The van der Waals surface area contributed by atoms with E-state index in [4.69, 9.17) is 29.0 Å². The molecule has 1 aromatic heterocycles. The van der Waals surface area contributed by atoms with Crippen molar-refractivity contribution < 1.29 is 37.7 Å². The van der Waals surface area contributed by atoms with Gasteiger partial charge in [-0.15, -0.1) is 0 Å². The summed E-state index contributed by atoms with van der Waals surface area (Å²) in [5.74, 6) is -0.410. The fourth-order valence-corrected chi connectivity index (χ4v) is 5.57. The van der Waals surface area contributed by atoms with Crippen molar-refractivity contribution in [2.75, 3.05) is 25.6 Å². The molecule has 1 fully saturated rings. The minimum Gasteiger partial charge on any atom is -0.465 e. The molecule has 2 aromatic rings. The van der Waals surface area contributed by atoms with Crippen molar-refractivity contribution in [1.82, 2.24) is 14.6 Å². The number of aromatic nitrogens is 2. The summed E-state index contributed by atoms with van der Waals surface area (Å²) in [7, 11) is -4.22. The maximum atomic E-state index is 13.8. The number of benzene rings is 1. The summed E-state index contributed by atoms with van der Waals surface area (Å²) in [6.45, 7) is 2.99. The van der Waals surface area contributed by atoms with Crippen molar-refractivity contribution >= 4 is 19.5 Å². The zero-order valence-corrected chi connectivity index (χ0v) is 21.2. The quantitative estimate of drug-likeness (QED) is 0.225. The van der Waals surface area contributed by atoms with Crippen molar-refractivity contribution in [3.8, 4) is 5.75 Å². The van der Waals surface area contributed by atoms with Crippen molar-refractivity contribution in [3.05, 3.63) is 65.2 Å². The van der Waals surface area contributed by atoms with Crippen LogP contribution < -0.4 is 21.0 Å². The third-order valence-electron chi connectivity index (χ3n) is 5.74. The summed E-state index contributed by atoms with van der Waals surface area (Å²) >= 11 is 0. The molecule has 200 valence electrons. The molecule has 4 rings (SSSR count). The number of aliphatic hydroxyl groups excluding tert-OH is 1. The van der Waals surface area contributed by atoms with Crippen LogP contribution in [0, 0.1) is 0 Å². The Hall–Kier alpha value is -3.06. The Morgan fingerprint density at radius 3 is 2.84 bits per heavy atom. The van der Waals surface area contributed by atoms with Crippen LogP contribution in [0.2, 0.25) is 0 Å². The maximum Gasteiger partial charge on any atom is 0.459 e. The van der Waals surface area contributed by atoms with Crippen molar-refractivity contribution in [1.29, 1.82) is 0 Å². The van der Waals surface area contributed by atoms with Gasteiger partial charge in [0.05, 0.1) is 19.8 Å². The number of hydrogen-bond donors (Lipinski definition) is 3. The number of carbonyl (C=O) groups is 1. The average molecular weight is 536 g/mol. The second-order valence-electron chi connectivity index (χ2n) is 8.43. The fraction of sp³-hybridized carbons (Fsp3) is 0.435. The van der Waals surface area contributed by atoms with Gasteiger partial charge in [0.1, 0.15) is 35.4 Å². The predicted molar refractivity (Wildman–Crippen MR) is 131 cm³/mol. The van der Waals surface area contributed by atoms with Crippen LogP contribution in [0.15, 0.2) is 59.5 Å². The van der Waals surface area contributed by atoms with E-state index in [0.29, 0.717) is 0 Å². The average Bonchev–Trinajstić information content (AvgIpc) is 3.16. The molecule has 2 aliphatic rings. The van der Waals surface area contributed by atoms with Gasteiger partial charge >= 0.3 is 19.4 Å². The first-order valence-electron chi connectivity index (χ1n) is 11.6. The lowest BCUT2D eigenvalue weighted by Gasteiger charge is -2.35. The molecule has 0 spiro atoms. The molecule has 3 heterocycles. The van der Waals surface area contributed by atoms with Crippen LogP contribution in [0.4, 0.5) is 5.82 Å². The van der Waals surface area contributed by atoms with E-state index in [9.17, 15) is 19.3 Å². The largest absolute Gasteiger partial charge is 0.465 e. The number of hydrogen-bond acceptors (Lipinski definition) is 11. The minimum absolute atomic E-state index is 0.0149. The lowest BCUT2D eigenvalue weighted by atomic mass is 9.93. The number of nitrogen functional groups attached to an aromatic ring is 1. The molecular weight excluding hydrogens is 507 g/mol. The molecule has 4 N–H and O–H groups in total. The monoisotopic (exact) mass is 536 g/mol. The molecule has 2 aliphatic heterocycles. The third-order valence-corrected chi connectivity index (χ3v) is 7.37. The van der Waals surface area contributed by atoms with Gasteiger partial charge in [-0.2, -0.15) is 10.1 Å². The summed E-state index contributed by atoms with van der Waals surface area (Å²) < 4.78 is 43.2. The molecule has 0 radical (unpaired) electrons. The highest BCUT2D eigenvalue weighted by atomic mass is 31.2. The van der Waals surface area contributed by atoms with Gasteiger partial charge in [0, 0.05) is 6.20 Å². The molecule has 14 heteroatoms. The molecule has 0 saturated carbocycles. The maximum absolute atomic E-state index is 13.8. The SMILES string of the molecule is CCOC(=O)[C@H](C)NP(=O)(OC[C@]12C=CCO[C@H]1[C@@H](O)[C@H](n1ccc(N)nc1=O)O2)Oc1ccccc1. The number of rotatable bonds is 10. The van der Waals surface area contributed by atoms with E-state index in [1.54, 1.807) is 49.4 Å². The van der Waals surface area contributed by atoms with Gasteiger partial charge in [0.2, 0.25) is 0 Å². The number of fused-ring (bicyclic) bond motifs is 1. The molecule has 0 aliphatic carbocycles. The topological polar surface area (TPSA) is 173 Å². The summed E-state index contributed by atoms with van der Waals surface area (Å²) in [6.07, 6.45) is 1.12. The Kier molecular flexibility index (Phi) is 8.12. The molecule has 0 bridgehead atoms. The van der Waals surface area contributed by atoms with E-state index in [2.05, 4.69) is 10.1 Å². The first-order valence-corrected chi connectivity index (χ1v) is 13.1. The number of aliphatic hydroxyl groups is 1. The summed E-state index contributed by atoms with van der Waals surface area (Å²) in [5.41, 5.74) is 3.39. The standard InChI is InChI=1S/C23H29N4O9P/c1-3-32-21(29)15(2)26-37(31,36-16-8-5-4-6-9-16)34-14-23-11-7-13-33-19(23)18(28)20(35-23)27-12-10-17(24)25-22(27)30/h4-12,15,18-20,28H,3,13-14H2,1-2H3,(H,26,31)(H2,24,25,30)/t15-,18+,19-,20+,23+,37?/m0/s1. The van der Waals surface area contributed by atoms with E-state index >= 15 is 0 Å². The number of esters is 1. The first kappa shape index (κ1) is 27.0. The molecular formula is C23H29N4O9P. The van der Waals surface area contributed by atoms with Crippen LogP contribution in [0.1, 0.15) is 20.1 Å². The third kappa shape index (κ3) is 5.93. The molecule has 13 nitrogen and oxygen atoms in total. The summed E-state index contributed by atoms with van der Waals surface area (Å²) in [5, 5.41) is 13.6. The van der Waals surface area contributed by atoms with Gasteiger partial charge in [-0.25, -0.2) is 9.36 Å². The highest BCUT2D eigenvalue weighted by molar-refractivity contribution is 7.52. The van der Waals surface area contributed by atoms with Gasteiger partial charge in [0.25, 0.3) is 0 Å². The van der Waals surface area contributed by atoms with Crippen molar-refractivity contribution in [2.24, 2.45) is 0 Å². The Bertz CT molecular complexity index is 1240. The zero-order chi connectivity index (χ0) is 26.6. The Labute approximate surface area is 212 Å². The highest BCUT2D eigenvalue weighted by Crippen LogP contribution is 2.49.